The van der Waals surface area contributed by atoms with E-state index in [9.17, 15) is 0 Å². The maximum atomic E-state index is 4.52. The zero-order valence-corrected chi connectivity index (χ0v) is 25.6. The summed E-state index contributed by atoms with van der Waals surface area (Å²) in [7, 11) is -1.37. The summed E-state index contributed by atoms with van der Waals surface area (Å²) in [4.78, 5) is 8.80. The number of thiophene rings is 1. The number of aromatic nitrogens is 2. The Morgan fingerprint density at radius 2 is 1.49 bits per heavy atom. The van der Waals surface area contributed by atoms with Crippen LogP contribution < -0.4 is 5.19 Å². The number of nitrogens with zero attached hydrogens (tertiary/aromatic N) is 2. The molecule has 0 N–H and O–H groups in total. The first kappa shape index (κ1) is 27.1. The van der Waals surface area contributed by atoms with Crippen LogP contribution in [0.5, 0.6) is 0 Å². The van der Waals surface area contributed by atoms with Crippen molar-refractivity contribution in [2.75, 3.05) is 0 Å². The first-order chi connectivity index (χ1) is 17.4. The van der Waals surface area contributed by atoms with E-state index in [1.807, 2.05) is 72.3 Å². The number of fused-ring (bicyclic) bond motifs is 3. The molecule has 187 valence electrons. The van der Waals surface area contributed by atoms with Crippen LogP contribution in [0, 0.1) is 19.1 Å². The van der Waals surface area contributed by atoms with Gasteiger partial charge in [0.1, 0.15) is 0 Å². The first-order valence-corrected chi connectivity index (χ1v) is 16.4. The van der Waals surface area contributed by atoms with Gasteiger partial charge in [0.15, 0.2) is 0 Å². The predicted molar refractivity (Wildman–Crippen MR) is 158 cm³/mol. The quantitative estimate of drug-likeness (QED) is 0.138. The molecule has 37 heavy (non-hydrogen) atoms. The standard InChI is InChI=1S/C20H18NSSi.C12H10N.Ir/c1-23(2,3)18-12-7-9-15-14-8-6-10-16(19(14)22-20(15)18)17-11-4-5-13-21-17;1-10-7-8-13-12(9-10)11-5-3-2-4-6-11;/h4-9,11-13H,1-3H3;2-5,7-9H,1H3;/q2*-1;. The molecule has 0 aliphatic heterocycles. The van der Waals surface area contributed by atoms with Gasteiger partial charge in [0.05, 0.1) is 8.07 Å². The maximum absolute atomic E-state index is 4.52. The zero-order chi connectivity index (χ0) is 25.1. The summed E-state index contributed by atoms with van der Waals surface area (Å²) in [5.74, 6) is 0. The van der Waals surface area contributed by atoms with Crippen molar-refractivity contribution >= 4 is 44.8 Å². The molecular weight excluding hydrogens is 665 g/mol. The van der Waals surface area contributed by atoms with Crippen LogP contribution in [-0.2, 0) is 20.1 Å². The molecule has 6 rings (SSSR count). The Morgan fingerprint density at radius 3 is 2.19 bits per heavy atom. The number of hydrogen-bond acceptors (Lipinski definition) is 3. The molecule has 2 nitrogen and oxygen atoms in total. The molecule has 0 saturated heterocycles. The largest absolute Gasteiger partial charge is 0.305 e. The Bertz CT molecular complexity index is 1620. The molecule has 0 amide bonds. The molecule has 0 aliphatic rings. The predicted octanol–water partition coefficient (Wildman–Crippen LogP) is 8.32. The monoisotopic (exact) mass is 693 g/mol. The summed E-state index contributed by atoms with van der Waals surface area (Å²) in [5.41, 5.74) is 5.37. The van der Waals surface area contributed by atoms with Gasteiger partial charge in [-0.1, -0.05) is 67.0 Å². The second-order valence-electron chi connectivity index (χ2n) is 9.84. The molecule has 0 atom stereocenters. The van der Waals surface area contributed by atoms with Gasteiger partial charge in [-0.15, -0.1) is 59.7 Å². The van der Waals surface area contributed by atoms with Gasteiger partial charge in [-0.3, -0.25) is 0 Å². The van der Waals surface area contributed by atoms with E-state index in [0.717, 1.165) is 22.5 Å². The minimum atomic E-state index is -1.37. The van der Waals surface area contributed by atoms with Gasteiger partial charge < -0.3 is 9.97 Å². The Hall–Kier alpha value is -2.95. The summed E-state index contributed by atoms with van der Waals surface area (Å²) in [6.45, 7) is 9.31. The normalized spacial score (nSPS) is 11.0. The number of pyridine rings is 2. The van der Waals surface area contributed by atoms with Crippen LogP contribution >= 0.6 is 11.3 Å². The van der Waals surface area contributed by atoms with Crippen LogP contribution in [-0.4, -0.2) is 18.0 Å². The summed E-state index contributed by atoms with van der Waals surface area (Å²) in [6, 6.07) is 35.5. The molecule has 0 saturated carbocycles. The molecule has 0 bridgehead atoms. The molecule has 3 aromatic carbocycles. The second kappa shape index (κ2) is 11.6. The molecule has 1 radical (unpaired) electrons. The number of hydrogen-bond donors (Lipinski definition) is 0. The third kappa shape index (κ3) is 5.97. The SMILES string of the molecule is C[Si](C)(C)c1cccc2c1sc1c(-c3ccccn3)[c-]ccc12.Cc1ccnc(-c2[c-]cccc2)c1.[Ir]. The summed E-state index contributed by atoms with van der Waals surface area (Å²) in [6.07, 6.45) is 3.67. The third-order valence-corrected chi connectivity index (χ3v) is 9.57. The van der Waals surface area contributed by atoms with Crippen LogP contribution in [0.4, 0.5) is 0 Å². The molecule has 3 aromatic heterocycles. The summed E-state index contributed by atoms with van der Waals surface area (Å²) in [5, 5.41) is 4.24. The zero-order valence-electron chi connectivity index (χ0n) is 21.4. The van der Waals surface area contributed by atoms with Gasteiger partial charge in [0.25, 0.3) is 0 Å². The van der Waals surface area contributed by atoms with Crippen molar-refractivity contribution in [3.05, 3.63) is 115 Å². The van der Waals surface area contributed by atoms with Crippen LogP contribution in [0.3, 0.4) is 0 Å². The average molecular weight is 693 g/mol. The molecule has 3 heterocycles. The van der Waals surface area contributed by atoms with Gasteiger partial charge in [0, 0.05) is 37.2 Å². The van der Waals surface area contributed by atoms with E-state index in [4.69, 9.17) is 0 Å². The van der Waals surface area contributed by atoms with E-state index >= 15 is 0 Å². The van der Waals surface area contributed by atoms with E-state index in [1.54, 1.807) is 5.19 Å². The van der Waals surface area contributed by atoms with Gasteiger partial charge in [0.2, 0.25) is 0 Å². The van der Waals surface area contributed by atoms with Gasteiger partial charge in [-0.05, 0) is 45.7 Å². The van der Waals surface area contributed by atoms with Crippen molar-refractivity contribution in [1.82, 2.24) is 9.97 Å². The van der Waals surface area contributed by atoms with E-state index in [-0.39, 0.29) is 20.1 Å². The van der Waals surface area contributed by atoms with Crippen LogP contribution in [0.2, 0.25) is 19.6 Å². The molecule has 5 heteroatoms. The third-order valence-electron chi connectivity index (χ3n) is 6.09. The van der Waals surface area contributed by atoms with Crippen molar-refractivity contribution in [3.8, 4) is 22.5 Å². The topological polar surface area (TPSA) is 25.8 Å². The van der Waals surface area contributed by atoms with Gasteiger partial charge >= 0.3 is 0 Å². The van der Waals surface area contributed by atoms with Crippen LogP contribution in [0.25, 0.3) is 42.7 Å². The molecule has 0 aliphatic carbocycles. The van der Waals surface area contributed by atoms with E-state index in [1.165, 1.54) is 25.7 Å². The van der Waals surface area contributed by atoms with Gasteiger partial charge in [-0.25, -0.2) is 0 Å². The summed E-state index contributed by atoms with van der Waals surface area (Å²) >= 11 is 1.90. The molecule has 0 spiro atoms. The number of benzene rings is 3. The van der Waals surface area contributed by atoms with E-state index in [2.05, 4.69) is 85.1 Å². The maximum Gasteiger partial charge on any atom is 0.0794 e. The average Bonchev–Trinajstić information content (AvgIpc) is 3.28. The van der Waals surface area contributed by atoms with Crippen molar-refractivity contribution < 1.29 is 20.1 Å². The summed E-state index contributed by atoms with van der Waals surface area (Å²) < 4.78 is 2.74. The number of rotatable bonds is 3. The minimum Gasteiger partial charge on any atom is -0.305 e. The Morgan fingerprint density at radius 1 is 0.703 bits per heavy atom. The van der Waals surface area contributed by atoms with Crippen molar-refractivity contribution in [1.29, 1.82) is 0 Å². The second-order valence-corrected chi connectivity index (χ2v) is 15.9. The van der Waals surface area contributed by atoms with Crippen molar-refractivity contribution in [2.45, 2.75) is 26.6 Å². The Balaban J connectivity index is 0.000000195. The molecular formula is C32H28IrN2SSi-2. The van der Waals surface area contributed by atoms with Crippen molar-refractivity contribution in [3.63, 3.8) is 0 Å². The number of aryl methyl sites for hydroxylation is 1. The van der Waals surface area contributed by atoms with Crippen LogP contribution in [0.15, 0.2) is 97.3 Å². The molecule has 0 fully saturated rings. The molecule has 0 unspecified atom stereocenters. The van der Waals surface area contributed by atoms with E-state index < -0.39 is 8.07 Å². The minimum absolute atomic E-state index is 0. The Labute approximate surface area is 237 Å². The van der Waals surface area contributed by atoms with Crippen LogP contribution in [0.1, 0.15) is 5.56 Å². The fourth-order valence-electron chi connectivity index (χ4n) is 4.29. The fraction of sp³-hybridized carbons (Fsp3) is 0.125. The van der Waals surface area contributed by atoms with E-state index in [0.29, 0.717) is 0 Å². The van der Waals surface area contributed by atoms with Gasteiger partial charge in [-0.2, -0.15) is 11.3 Å². The Kier molecular flexibility index (Phi) is 8.51. The first-order valence-electron chi connectivity index (χ1n) is 12.1. The van der Waals surface area contributed by atoms with Crippen molar-refractivity contribution in [2.24, 2.45) is 0 Å². The fourth-order valence-corrected chi connectivity index (χ4v) is 8.00. The molecule has 6 aromatic rings. The smallest absolute Gasteiger partial charge is 0.0794 e.